The third-order valence-corrected chi connectivity index (χ3v) is 4.12. The van der Waals surface area contributed by atoms with Gasteiger partial charge < -0.3 is 24.7 Å². The Balaban J connectivity index is 2.08. The summed E-state index contributed by atoms with van der Waals surface area (Å²) in [5, 5.41) is 0. The maximum Gasteiger partial charge on any atom is 0.164 e. The van der Waals surface area contributed by atoms with Crippen LogP contribution in [0.3, 0.4) is 0 Å². The fourth-order valence-electron chi connectivity index (χ4n) is 2.74. The van der Waals surface area contributed by atoms with Crippen LogP contribution in [0, 0.1) is 5.41 Å². The zero-order valence-corrected chi connectivity index (χ0v) is 16.3. The second-order valence-corrected chi connectivity index (χ2v) is 7.02. The van der Waals surface area contributed by atoms with Gasteiger partial charge in [-0.15, -0.1) is 0 Å². The van der Waals surface area contributed by atoms with E-state index in [0.29, 0.717) is 35.3 Å². The highest BCUT2D eigenvalue weighted by Gasteiger charge is 2.18. The van der Waals surface area contributed by atoms with Crippen LogP contribution in [0.1, 0.15) is 33.6 Å². The van der Waals surface area contributed by atoms with Crippen molar-refractivity contribution < 1.29 is 18.9 Å². The van der Waals surface area contributed by atoms with Gasteiger partial charge in [0, 0.05) is 12.1 Å². The molecule has 2 rings (SSSR count). The molecule has 0 radical (unpaired) electrons. The molecule has 0 aliphatic rings. The number of nitrogens with two attached hydrogens (primary N) is 1. The van der Waals surface area contributed by atoms with E-state index in [1.807, 2.05) is 12.1 Å². The smallest absolute Gasteiger partial charge is 0.164 e. The number of rotatable bonds is 9. The second-order valence-electron chi connectivity index (χ2n) is 7.02. The topological polar surface area (TPSA) is 62.9 Å². The van der Waals surface area contributed by atoms with Gasteiger partial charge in [-0.05, 0) is 36.1 Å². The summed E-state index contributed by atoms with van der Waals surface area (Å²) < 4.78 is 22.3. The molecule has 0 fully saturated rings. The largest absolute Gasteiger partial charge is 0.493 e. The van der Waals surface area contributed by atoms with E-state index in [0.717, 1.165) is 18.6 Å². The van der Waals surface area contributed by atoms with E-state index in [4.69, 9.17) is 24.7 Å². The lowest BCUT2D eigenvalue weighted by molar-refractivity contribution is 0.169. The Morgan fingerprint density at radius 1 is 0.885 bits per heavy atom. The summed E-state index contributed by atoms with van der Waals surface area (Å²) in [6, 6.07) is 10.8. The molecule has 0 saturated heterocycles. The van der Waals surface area contributed by atoms with Crippen LogP contribution < -0.4 is 24.7 Å². The van der Waals surface area contributed by atoms with Gasteiger partial charge in [0.15, 0.2) is 17.2 Å². The molecule has 0 aliphatic carbocycles. The molecule has 0 aromatic heterocycles. The van der Waals surface area contributed by atoms with E-state index in [1.54, 1.807) is 38.5 Å². The fraction of sp³-hybridized carbons (Fsp3) is 0.429. The first kappa shape index (κ1) is 19.8. The zero-order chi connectivity index (χ0) is 19.2. The molecule has 0 saturated carbocycles. The third kappa shape index (κ3) is 5.22. The minimum Gasteiger partial charge on any atom is -0.493 e. The lowest BCUT2D eigenvalue weighted by Crippen LogP contribution is -2.21. The van der Waals surface area contributed by atoms with Crippen LogP contribution in [0.15, 0.2) is 36.4 Å². The summed E-state index contributed by atoms with van der Waals surface area (Å²) in [5.41, 5.74) is 6.79. The zero-order valence-electron chi connectivity index (χ0n) is 16.3. The molecule has 0 atom stereocenters. The molecular formula is C21H29NO4. The first-order valence-corrected chi connectivity index (χ1v) is 8.80. The highest BCUT2D eigenvalue weighted by molar-refractivity contribution is 5.58. The van der Waals surface area contributed by atoms with Gasteiger partial charge in [0.1, 0.15) is 11.5 Å². The number of anilines is 1. The average molecular weight is 359 g/mol. The van der Waals surface area contributed by atoms with Crippen molar-refractivity contribution in [2.75, 3.05) is 26.6 Å². The summed E-state index contributed by atoms with van der Waals surface area (Å²) in [6.45, 7) is 7.24. The van der Waals surface area contributed by atoms with E-state index < -0.39 is 0 Å². The summed E-state index contributed by atoms with van der Waals surface area (Å²) in [5.74, 6) is 3.17. The van der Waals surface area contributed by atoms with E-state index in [-0.39, 0.29) is 5.41 Å². The predicted octanol–water partition coefficient (Wildman–Crippen LogP) is 5.28. The molecule has 0 bridgehead atoms. The Hall–Kier alpha value is -2.56. The summed E-state index contributed by atoms with van der Waals surface area (Å²) in [7, 11) is 3.18. The van der Waals surface area contributed by atoms with Crippen molar-refractivity contribution >= 4 is 5.69 Å². The first-order valence-electron chi connectivity index (χ1n) is 8.80. The van der Waals surface area contributed by atoms with Crippen molar-refractivity contribution in [1.82, 2.24) is 0 Å². The molecule has 2 aromatic carbocycles. The third-order valence-electron chi connectivity index (χ3n) is 4.12. The number of hydrogen-bond donors (Lipinski definition) is 1. The molecular weight excluding hydrogens is 330 g/mol. The number of nitrogen functional groups attached to an aromatic ring is 1. The summed E-state index contributed by atoms with van der Waals surface area (Å²) in [4.78, 5) is 0. The van der Waals surface area contributed by atoms with Crippen molar-refractivity contribution in [1.29, 1.82) is 0 Å². The Morgan fingerprint density at radius 2 is 1.54 bits per heavy atom. The molecule has 0 amide bonds. The van der Waals surface area contributed by atoms with Crippen LogP contribution in [0.4, 0.5) is 5.69 Å². The van der Waals surface area contributed by atoms with Crippen LogP contribution in [0.25, 0.3) is 0 Å². The molecule has 2 aromatic rings. The summed E-state index contributed by atoms with van der Waals surface area (Å²) in [6.07, 6.45) is 2.25. The van der Waals surface area contributed by atoms with Gasteiger partial charge >= 0.3 is 0 Å². The fourth-order valence-corrected chi connectivity index (χ4v) is 2.74. The van der Waals surface area contributed by atoms with E-state index in [2.05, 4.69) is 20.8 Å². The van der Waals surface area contributed by atoms with Crippen LogP contribution in [-0.4, -0.2) is 20.8 Å². The molecule has 0 heterocycles. The molecule has 0 spiro atoms. The number of benzene rings is 2. The van der Waals surface area contributed by atoms with Crippen molar-refractivity contribution in [3.05, 3.63) is 36.4 Å². The number of hydrogen-bond acceptors (Lipinski definition) is 5. The predicted molar refractivity (Wildman–Crippen MR) is 105 cm³/mol. The Bertz CT molecular complexity index is 728. The normalized spacial score (nSPS) is 11.1. The van der Waals surface area contributed by atoms with Crippen molar-refractivity contribution in [3.63, 3.8) is 0 Å². The average Bonchev–Trinajstić information content (AvgIpc) is 2.62. The van der Waals surface area contributed by atoms with E-state index in [9.17, 15) is 0 Å². The number of ether oxygens (including phenoxy) is 4. The van der Waals surface area contributed by atoms with Crippen molar-refractivity contribution in [3.8, 4) is 28.7 Å². The molecule has 26 heavy (non-hydrogen) atoms. The van der Waals surface area contributed by atoms with Crippen LogP contribution in [0.5, 0.6) is 28.7 Å². The minimum absolute atomic E-state index is 0.137. The summed E-state index contributed by atoms with van der Waals surface area (Å²) >= 11 is 0. The van der Waals surface area contributed by atoms with Crippen molar-refractivity contribution in [2.24, 2.45) is 5.41 Å². The van der Waals surface area contributed by atoms with Gasteiger partial charge in [-0.1, -0.05) is 27.2 Å². The van der Waals surface area contributed by atoms with Gasteiger partial charge in [0.2, 0.25) is 0 Å². The van der Waals surface area contributed by atoms with Crippen LogP contribution >= 0.6 is 0 Å². The van der Waals surface area contributed by atoms with Crippen molar-refractivity contribution in [2.45, 2.75) is 33.6 Å². The molecule has 5 heteroatoms. The second kappa shape index (κ2) is 8.70. The molecule has 2 N–H and O–H groups in total. The lowest BCUT2D eigenvalue weighted by atomic mass is 9.89. The Labute approximate surface area is 156 Å². The number of methoxy groups -OCH3 is 2. The lowest BCUT2D eigenvalue weighted by Gasteiger charge is -2.24. The van der Waals surface area contributed by atoms with Gasteiger partial charge in [0.05, 0.1) is 26.5 Å². The minimum atomic E-state index is 0.137. The van der Waals surface area contributed by atoms with Gasteiger partial charge in [-0.3, -0.25) is 0 Å². The highest BCUT2D eigenvalue weighted by atomic mass is 16.5. The van der Waals surface area contributed by atoms with Gasteiger partial charge in [0.25, 0.3) is 0 Å². The maximum absolute atomic E-state index is 6.13. The monoisotopic (exact) mass is 359 g/mol. The molecule has 0 unspecified atom stereocenters. The highest BCUT2D eigenvalue weighted by Crippen LogP contribution is 2.36. The Kier molecular flexibility index (Phi) is 6.61. The standard InChI is InChI=1S/C21H29NO4/c1-6-11-21(2,3)14-25-15-7-9-18(17(22)12-15)26-16-8-10-19(23-4)20(13-16)24-5/h7-10,12-13H,6,11,14,22H2,1-5H3. The SMILES string of the molecule is CCCC(C)(C)COc1ccc(Oc2ccc(OC)c(OC)c2)c(N)c1. The van der Waals surface area contributed by atoms with Crippen LogP contribution in [-0.2, 0) is 0 Å². The van der Waals surface area contributed by atoms with Gasteiger partial charge in [-0.25, -0.2) is 0 Å². The van der Waals surface area contributed by atoms with Crippen LogP contribution in [0.2, 0.25) is 0 Å². The van der Waals surface area contributed by atoms with E-state index in [1.165, 1.54) is 0 Å². The Morgan fingerprint density at radius 3 is 2.15 bits per heavy atom. The molecule has 142 valence electrons. The molecule has 5 nitrogen and oxygen atoms in total. The van der Waals surface area contributed by atoms with E-state index >= 15 is 0 Å². The quantitative estimate of drug-likeness (QED) is 0.617. The maximum atomic E-state index is 6.13. The first-order chi connectivity index (χ1) is 12.4. The molecule has 0 aliphatic heterocycles. The van der Waals surface area contributed by atoms with Gasteiger partial charge in [-0.2, -0.15) is 0 Å².